The molecule has 0 unspecified atom stereocenters. The Labute approximate surface area is 156 Å². The van der Waals surface area contributed by atoms with Crippen LogP contribution in [-0.4, -0.2) is 16.7 Å². The maximum absolute atomic E-state index is 12.0. The van der Waals surface area contributed by atoms with Gasteiger partial charge in [-0.2, -0.15) is 5.26 Å². The van der Waals surface area contributed by atoms with E-state index in [1.165, 1.54) is 17.3 Å². The highest BCUT2D eigenvalue weighted by molar-refractivity contribution is 7.99. The van der Waals surface area contributed by atoms with Crippen LogP contribution in [0, 0.1) is 11.3 Å². The molecule has 0 N–H and O–H groups in total. The van der Waals surface area contributed by atoms with E-state index in [9.17, 15) is 10.1 Å². The lowest BCUT2D eigenvalue weighted by atomic mass is 10.1. The molecule has 1 aromatic heterocycles. The first-order valence-corrected chi connectivity index (χ1v) is 9.34. The molecule has 3 aromatic rings. The van der Waals surface area contributed by atoms with Crippen molar-refractivity contribution in [2.75, 3.05) is 5.75 Å². The van der Waals surface area contributed by atoms with Gasteiger partial charge in [0.2, 0.25) is 0 Å². The molecule has 0 aliphatic heterocycles. The predicted molar refractivity (Wildman–Crippen MR) is 103 cm³/mol. The van der Waals surface area contributed by atoms with Crippen LogP contribution in [0.5, 0.6) is 0 Å². The van der Waals surface area contributed by atoms with Crippen LogP contribution >= 0.6 is 11.8 Å². The van der Waals surface area contributed by atoms with Crippen LogP contribution in [0.4, 0.5) is 0 Å². The molecule has 0 aliphatic rings. The molecule has 0 spiro atoms. The summed E-state index contributed by atoms with van der Waals surface area (Å²) in [5, 5.41) is 10.9. The number of ether oxygens (including phenoxy) is 1. The van der Waals surface area contributed by atoms with Crippen LogP contribution in [0.2, 0.25) is 0 Å². The zero-order valence-corrected chi connectivity index (χ0v) is 15.3. The van der Waals surface area contributed by atoms with Gasteiger partial charge in [0, 0.05) is 5.39 Å². The number of nitrogens with zero attached hydrogens (tertiary/aromatic N) is 2. The van der Waals surface area contributed by atoms with E-state index in [0.29, 0.717) is 10.6 Å². The second kappa shape index (κ2) is 8.50. The molecule has 0 fully saturated rings. The highest BCUT2D eigenvalue weighted by Crippen LogP contribution is 2.25. The van der Waals surface area contributed by atoms with Gasteiger partial charge in [0.1, 0.15) is 17.7 Å². The molecule has 130 valence electrons. The van der Waals surface area contributed by atoms with Gasteiger partial charge in [0.25, 0.3) is 0 Å². The summed E-state index contributed by atoms with van der Waals surface area (Å²) in [7, 11) is 0. The molecule has 3 rings (SSSR count). The molecule has 0 aliphatic carbocycles. The summed E-state index contributed by atoms with van der Waals surface area (Å²) in [5.41, 5.74) is 3.44. The highest BCUT2D eigenvalue weighted by Gasteiger charge is 2.11. The molecule has 0 saturated carbocycles. The number of hydrogen-bond donors (Lipinski definition) is 0. The van der Waals surface area contributed by atoms with Gasteiger partial charge >= 0.3 is 5.97 Å². The molecule has 5 heteroatoms. The lowest BCUT2D eigenvalue weighted by Gasteiger charge is -2.07. The number of pyridine rings is 1. The Hall–Kier alpha value is -2.84. The number of carbonyl (C=O) groups excluding carboxylic acids is 1. The number of carbonyl (C=O) groups is 1. The molecular weight excluding hydrogens is 344 g/mol. The van der Waals surface area contributed by atoms with Crippen molar-refractivity contribution >= 4 is 28.6 Å². The first kappa shape index (κ1) is 18.0. The fraction of sp³-hybridized carbons (Fsp3) is 0.190. The molecular formula is C21H18N2O2S. The first-order valence-electron chi connectivity index (χ1n) is 8.35. The van der Waals surface area contributed by atoms with Gasteiger partial charge in [-0.25, -0.2) is 4.98 Å². The lowest BCUT2D eigenvalue weighted by Crippen LogP contribution is -2.07. The molecule has 0 radical (unpaired) electrons. The van der Waals surface area contributed by atoms with Gasteiger partial charge in [0.05, 0.1) is 16.8 Å². The van der Waals surface area contributed by atoms with Crippen molar-refractivity contribution in [3.63, 3.8) is 0 Å². The second-order valence-electron chi connectivity index (χ2n) is 5.77. The summed E-state index contributed by atoms with van der Waals surface area (Å²) in [4.78, 5) is 16.5. The zero-order chi connectivity index (χ0) is 18.4. The largest absolute Gasteiger partial charge is 0.460 e. The van der Waals surface area contributed by atoms with Crippen LogP contribution in [0.1, 0.15) is 23.6 Å². The number of aromatic nitrogens is 1. The van der Waals surface area contributed by atoms with Crippen molar-refractivity contribution in [2.45, 2.75) is 25.0 Å². The molecule has 0 amide bonds. The van der Waals surface area contributed by atoms with Crippen molar-refractivity contribution in [3.8, 4) is 6.07 Å². The summed E-state index contributed by atoms with van der Waals surface area (Å²) in [6.07, 6.45) is 0.932. The summed E-state index contributed by atoms with van der Waals surface area (Å²) < 4.78 is 5.27. The third-order valence-electron chi connectivity index (χ3n) is 3.94. The van der Waals surface area contributed by atoms with Crippen molar-refractivity contribution < 1.29 is 9.53 Å². The third kappa shape index (κ3) is 4.41. The average molecular weight is 362 g/mol. The van der Waals surface area contributed by atoms with Crippen molar-refractivity contribution in [1.82, 2.24) is 4.98 Å². The van der Waals surface area contributed by atoms with Crippen LogP contribution in [0.3, 0.4) is 0 Å². The molecule has 0 atom stereocenters. The number of fused-ring (bicyclic) bond motifs is 1. The van der Waals surface area contributed by atoms with Crippen molar-refractivity contribution in [3.05, 3.63) is 71.3 Å². The van der Waals surface area contributed by atoms with E-state index in [1.54, 1.807) is 0 Å². The van der Waals surface area contributed by atoms with Crippen LogP contribution in [0.25, 0.3) is 10.9 Å². The minimum Gasteiger partial charge on any atom is -0.460 e. The number of benzene rings is 2. The highest BCUT2D eigenvalue weighted by atomic mass is 32.2. The Balaban J connectivity index is 1.68. The van der Waals surface area contributed by atoms with Gasteiger partial charge in [-0.05, 0) is 35.7 Å². The Morgan fingerprint density at radius 1 is 1.15 bits per heavy atom. The number of thioether (sulfide) groups is 1. The number of aryl methyl sites for hydroxylation is 1. The minimum atomic E-state index is -0.328. The lowest BCUT2D eigenvalue weighted by molar-refractivity contribution is -0.141. The van der Waals surface area contributed by atoms with Crippen LogP contribution in [-0.2, 0) is 22.6 Å². The quantitative estimate of drug-likeness (QED) is 0.477. The molecule has 0 saturated heterocycles. The van der Waals surface area contributed by atoms with Gasteiger partial charge in [-0.3, -0.25) is 4.79 Å². The van der Waals surface area contributed by atoms with E-state index in [-0.39, 0.29) is 18.3 Å². The Kier molecular flexibility index (Phi) is 5.88. The summed E-state index contributed by atoms with van der Waals surface area (Å²) in [6, 6.07) is 19.6. The molecule has 4 nitrogen and oxygen atoms in total. The fourth-order valence-electron chi connectivity index (χ4n) is 2.53. The summed E-state index contributed by atoms with van der Waals surface area (Å²) in [5.74, 6) is -0.210. The molecule has 26 heavy (non-hydrogen) atoms. The topological polar surface area (TPSA) is 63.0 Å². The predicted octanol–water partition coefficient (Wildman–Crippen LogP) is 4.50. The second-order valence-corrected chi connectivity index (χ2v) is 6.73. The Morgan fingerprint density at radius 3 is 2.69 bits per heavy atom. The van der Waals surface area contributed by atoms with Gasteiger partial charge in [-0.1, -0.05) is 55.1 Å². The van der Waals surface area contributed by atoms with Crippen molar-refractivity contribution in [2.24, 2.45) is 0 Å². The fourth-order valence-corrected chi connectivity index (χ4v) is 3.29. The molecule has 1 heterocycles. The van der Waals surface area contributed by atoms with E-state index >= 15 is 0 Å². The maximum Gasteiger partial charge on any atom is 0.316 e. The average Bonchev–Trinajstić information content (AvgIpc) is 2.70. The van der Waals surface area contributed by atoms with Gasteiger partial charge < -0.3 is 4.74 Å². The van der Waals surface area contributed by atoms with E-state index in [4.69, 9.17) is 4.74 Å². The van der Waals surface area contributed by atoms with E-state index in [0.717, 1.165) is 22.9 Å². The van der Waals surface area contributed by atoms with Crippen molar-refractivity contribution in [1.29, 1.82) is 5.26 Å². The van der Waals surface area contributed by atoms with Gasteiger partial charge in [-0.15, -0.1) is 0 Å². The number of nitriles is 1. The first-order chi connectivity index (χ1) is 12.7. The smallest absolute Gasteiger partial charge is 0.316 e. The van der Waals surface area contributed by atoms with Gasteiger partial charge in [0.15, 0.2) is 0 Å². The third-order valence-corrected chi connectivity index (χ3v) is 4.91. The molecule has 0 bridgehead atoms. The minimum absolute atomic E-state index is 0.118. The number of esters is 1. The normalized spacial score (nSPS) is 10.5. The Morgan fingerprint density at radius 2 is 1.96 bits per heavy atom. The van der Waals surface area contributed by atoms with E-state index in [1.807, 2.05) is 54.6 Å². The van der Waals surface area contributed by atoms with Crippen LogP contribution in [0.15, 0.2) is 59.6 Å². The van der Waals surface area contributed by atoms with E-state index in [2.05, 4.69) is 18.0 Å². The zero-order valence-electron chi connectivity index (χ0n) is 14.4. The number of hydrogen-bond acceptors (Lipinski definition) is 5. The maximum atomic E-state index is 12.0. The summed E-state index contributed by atoms with van der Waals surface area (Å²) >= 11 is 1.23. The molecule has 2 aromatic carbocycles. The monoisotopic (exact) mass is 362 g/mol. The summed E-state index contributed by atoms with van der Waals surface area (Å²) in [6.45, 7) is 2.33. The SMILES string of the molecule is CCc1ccc2nc(SCC(=O)OCc3ccccc3)c(C#N)cc2c1. The standard InChI is InChI=1S/C21H18N2O2S/c1-2-15-8-9-19-17(10-15)11-18(12-22)21(23-19)26-14-20(24)25-13-16-6-4-3-5-7-16/h3-11H,2,13-14H2,1H3. The number of rotatable bonds is 6. The van der Waals surface area contributed by atoms with E-state index < -0.39 is 0 Å². The Bertz CT molecular complexity index is 965. The van der Waals surface area contributed by atoms with Crippen LogP contribution < -0.4 is 0 Å².